The summed E-state index contributed by atoms with van der Waals surface area (Å²) < 4.78 is 2.46. The summed E-state index contributed by atoms with van der Waals surface area (Å²) in [7, 11) is 3.07. The Morgan fingerprint density at radius 3 is 2.45 bits per heavy atom. The van der Waals surface area contributed by atoms with Gasteiger partial charge in [0.2, 0.25) is 0 Å². The Labute approximate surface area is 128 Å². The van der Waals surface area contributed by atoms with E-state index in [0.717, 1.165) is 16.6 Å². The molecule has 0 unspecified atom stereocenters. The molecule has 2 rings (SSSR count). The van der Waals surface area contributed by atoms with Gasteiger partial charge in [-0.25, -0.2) is 4.79 Å². The normalized spacial score (nSPS) is 11.5. The summed E-state index contributed by atoms with van der Waals surface area (Å²) in [5.41, 5.74) is 0.176. The lowest BCUT2D eigenvalue weighted by atomic mass is 10.2. The quantitative estimate of drug-likeness (QED) is 0.684. The molecule has 2 aromatic rings. The zero-order valence-electron chi connectivity index (χ0n) is 13.0. The fourth-order valence-electron chi connectivity index (χ4n) is 2.00. The van der Waals surface area contributed by atoms with Crippen LogP contribution in [0.5, 0.6) is 0 Å². The number of benzene rings is 1. The van der Waals surface area contributed by atoms with Gasteiger partial charge in [-0.15, -0.1) is 0 Å². The van der Waals surface area contributed by atoms with Gasteiger partial charge in [0.1, 0.15) is 11.7 Å². The molecule has 0 bridgehead atoms. The molecule has 0 aliphatic heterocycles. The highest BCUT2D eigenvalue weighted by Gasteiger charge is 2.09. The van der Waals surface area contributed by atoms with Gasteiger partial charge in [-0.2, -0.15) is 0 Å². The molecule has 6 nitrogen and oxygen atoms in total. The predicted octanol–water partition coefficient (Wildman–Crippen LogP) is 1.35. The Bertz CT molecular complexity index is 788. The summed E-state index contributed by atoms with van der Waals surface area (Å²) in [5.74, 6) is 1.07. The smallest absolute Gasteiger partial charge is 0.326 e. The van der Waals surface area contributed by atoms with Crippen LogP contribution in [0.25, 0.3) is 0 Å². The highest BCUT2D eigenvalue weighted by Crippen LogP contribution is 2.06. The largest absolute Gasteiger partial charge is 0.332 e. The lowest BCUT2D eigenvalue weighted by molar-refractivity contribution is 0.693. The molecule has 0 atom stereocenters. The monoisotopic (exact) mass is 300 g/mol. The van der Waals surface area contributed by atoms with E-state index in [9.17, 15) is 9.59 Å². The maximum atomic E-state index is 12.0. The summed E-state index contributed by atoms with van der Waals surface area (Å²) >= 11 is 0. The van der Waals surface area contributed by atoms with Crippen LogP contribution in [0.1, 0.15) is 18.9 Å². The van der Waals surface area contributed by atoms with Gasteiger partial charge in [0.25, 0.3) is 5.56 Å². The van der Waals surface area contributed by atoms with E-state index in [2.05, 4.69) is 10.3 Å². The van der Waals surface area contributed by atoms with E-state index >= 15 is 0 Å². The third-order valence-electron chi connectivity index (χ3n) is 3.31. The Balaban J connectivity index is 2.45. The van der Waals surface area contributed by atoms with Crippen LogP contribution in [0.2, 0.25) is 0 Å². The van der Waals surface area contributed by atoms with Gasteiger partial charge in [-0.05, 0) is 6.42 Å². The maximum Gasteiger partial charge on any atom is 0.332 e. The van der Waals surface area contributed by atoms with E-state index in [0.29, 0.717) is 18.2 Å². The number of hydrogen-bond acceptors (Lipinski definition) is 3. The summed E-state index contributed by atoms with van der Waals surface area (Å²) in [6, 6.07) is 11.0. The minimum atomic E-state index is -0.377. The van der Waals surface area contributed by atoms with Crippen LogP contribution < -0.4 is 16.6 Å². The number of hydrogen-bond donors (Lipinski definition) is 1. The molecule has 0 amide bonds. The van der Waals surface area contributed by atoms with Crippen molar-refractivity contribution in [3.8, 4) is 0 Å². The van der Waals surface area contributed by atoms with Gasteiger partial charge in [0, 0.05) is 32.3 Å². The van der Waals surface area contributed by atoms with Crippen LogP contribution in [0.3, 0.4) is 0 Å². The molecule has 1 aromatic heterocycles. The first kappa shape index (κ1) is 15.8. The van der Waals surface area contributed by atoms with E-state index < -0.39 is 0 Å². The average molecular weight is 300 g/mol. The third kappa shape index (κ3) is 3.33. The van der Waals surface area contributed by atoms with Crippen molar-refractivity contribution in [2.75, 3.05) is 11.9 Å². The molecular formula is C16H20N4O2. The van der Waals surface area contributed by atoms with Crippen LogP contribution in [-0.2, 0) is 14.1 Å². The molecule has 0 saturated carbocycles. The van der Waals surface area contributed by atoms with Crippen LogP contribution in [0, 0.1) is 0 Å². The molecule has 1 N–H and O–H groups in total. The fourth-order valence-corrected chi connectivity index (χ4v) is 2.00. The van der Waals surface area contributed by atoms with E-state index in [1.807, 2.05) is 37.3 Å². The molecular weight excluding hydrogens is 280 g/mol. The second-order valence-electron chi connectivity index (χ2n) is 4.99. The minimum Gasteiger partial charge on any atom is -0.326 e. The zero-order chi connectivity index (χ0) is 16.1. The van der Waals surface area contributed by atoms with Crippen molar-refractivity contribution in [1.29, 1.82) is 0 Å². The molecule has 0 saturated heterocycles. The average Bonchev–Trinajstić information content (AvgIpc) is 2.54. The Kier molecular flexibility index (Phi) is 4.93. The second kappa shape index (κ2) is 6.89. The van der Waals surface area contributed by atoms with Crippen LogP contribution >= 0.6 is 0 Å². The van der Waals surface area contributed by atoms with Crippen molar-refractivity contribution in [3.05, 3.63) is 62.8 Å². The predicted molar refractivity (Wildman–Crippen MR) is 88.7 cm³/mol. The Morgan fingerprint density at radius 1 is 1.14 bits per heavy atom. The number of amidine groups is 1. The highest BCUT2D eigenvalue weighted by atomic mass is 16.2. The number of nitrogens with one attached hydrogen (secondary N) is 1. The Hall–Kier alpha value is -2.63. The van der Waals surface area contributed by atoms with Crippen molar-refractivity contribution < 1.29 is 0 Å². The summed E-state index contributed by atoms with van der Waals surface area (Å²) in [5, 5.41) is 3.11. The van der Waals surface area contributed by atoms with Crippen molar-refractivity contribution in [2.24, 2.45) is 19.1 Å². The number of aliphatic imine (C=N–C) groups is 1. The lowest BCUT2D eigenvalue weighted by Gasteiger charge is -2.14. The van der Waals surface area contributed by atoms with Crippen molar-refractivity contribution in [3.63, 3.8) is 0 Å². The van der Waals surface area contributed by atoms with Crippen molar-refractivity contribution >= 4 is 11.7 Å². The van der Waals surface area contributed by atoms with Gasteiger partial charge in [0.15, 0.2) is 0 Å². The summed E-state index contributed by atoms with van der Waals surface area (Å²) in [4.78, 5) is 28.3. The molecule has 6 heteroatoms. The van der Waals surface area contributed by atoms with Gasteiger partial charge in [-0.1, -0.05) is 37.3 Å². The first-order chi connectivity index (χ1) is 10.5. The lowest BCUT2D eigenvalue weighted by Crippen LogP contribution is -2.38. The van der Waals surface area contributed by atoms with E-state index in [1.54, 1.807) is 7.05 Å². The molecule has 22 heavy (non-hydrogen) atoms. The van der Waals surface area contributed by atoms with E-state index in [1.165, 1.54) is 17.7 Å². The number of aromatic nitrogens is 2. The molecule has 0 fully saturated rings. The van der Waals surface area contributed by atoms with E-state index in [4.69, 9.17) is 0 Å². The van der Waals surface area contributed by atoms with Crippen LogP contribution in [-0.4, -0.2) is 21.5 Å². The fraction of sp³-hybridized carbons (Fsp3) is 0.312. The van der Waals surface area contributed by atoms with Crippen molar-refractivity contribution in [1.82, 2.24) is 9.13 Å². The first-order valence-corrected chi connectivity index (χ1v) is 7.18. The van der Waals surface area contributed by atoms with Gasteiger partial charge >= 0.3 is 5.69 Å². The van der Waals surface area contributed by atoms with Crippen LogP contribution in [0.4, 0.5) is 5.82 Å². The SMILES string of the molecule is CCCN=C(Nc1cc(=O)n(C)c(=O)n1C)c1ccccc1. The maximum absolute atomic E-state index is 12.0. The Morgan fingerprint density at radius 2 is 1.82 bits per heavy atom. The van der Waals surface area contributed by atoms with E-state index in [-0.39, 0.29) is 11.2 Å². The number of nitrogens with zero attached hydrogens (tertiary/aromatic N) is 3. The molecule has 1 heterocycles. The molecule has 0 spiro atoms. The standard InChI is InChI=1S/C16H20N4O2/c1-4-10-17-15(12-8-6-5-7-9-12)18-13-11-14(21)20(3)16(22)19(13)2/h5-9,11H,4,10H2,1-3H3,(H,17,18). The molecule has 0 aliphatic carbocycles. The topological polar surface area (TPSA) is 68.4 Å². The molecule has 116 valence electrons. The third-order valence-corrected chi connectivity index (χ3v) is 3.31. The zero-order valence-corrected chi connectivity index (χ0v) is 13.0. The molecule has 0 radical (unpaired) electrons. The van der Waals surface area contributed by atoms with Gasteiger partial charge in [0.05, 0.1) is 0 Å². The van der Waals surface area contributed by atoms with Gasteiger partial charge in [-0.3, -0.25) is 18.9 Å². The van der Waals surface area contributed by atoms with Gasteiger partial charge < -0.3 is 5.32 Å². The molecule has 0 aliphatic rings. The minimum absolute atomic E-state index is 0.353. The van der Waals surface area contributed by atoms with Crippen LogP contribution in [0.15, 0.2) is 51.0 Å². The second-order valence-corrected chi connectivity index (χ2v) is 4.99. The summed E-state index contributed by atoms with van der Waals surface area (Å²) in [6.07, 6.45) is 0.910. The number of anilines is 1. The summed E-state index contributed by atoms with van der Waals surface area (Å²) in [6.45, 7) is 2.70. The van der Waals surface area contributed by atoms with Crippen molar-refractivity contribution in [2.45, 2.75) is 13.3 Å². The molecule has 1 aromatic carbocycles. The highest BCUT2D eigenvalue weighted by molar-refractivity contribution is 6.07. The first-order valence-electron chi connectivity index (χ1n) is 7.18. The number of rotatable bonds is 4.